The number of carbonyl (C=O) groups excluding carboxylic acids is 1. The van der Waals surface area contributed by atoms with E-state index in [1.165, 1.54) is 12.1 Å². The largest absolute Gasteiger partial charge is 0.347 e. The van der Waals surface area contributed by atoms with E-state index in [1.54, 1.807) is 22.9 Å². The van der Waals surface area contributed by atoms with E-state index in [-0.39, 0.29) is 11.7 Å². The number of hydrogen-bond donors (Lipinski definition) is 2. The third kappa shape index (κ3) is 3.37. The monoisotopic (exact) mass is 327 g/mol. The molecular weight excluding hydrogens is 313 g/mol. The van der Waals surface area contributed by atoms with Crippen LogP contribution in [-0.4, -0.2) is 15.5 Å². The van der Waals surface area contributed by atoms with Crippen molar-refractivity contribution in [1.29, 1.82) is 0 Å². The van der Waals surface area contributed by atoms with Gasteiger partial charge in [-0.2, -0.15) is 0 Å². The molecule has 0 atom stereocenters. The molecule has 0 spiro atoms. The van der Waals surface area contributed by atoms with Gasteiger partial charge in [0.2, 0.25) is 0 Å². The van der Waals surface area contributed by atoms with Gasteiger partial charge < -0.3 is 10.3 Å². The van der Waals surface area contributed by atoms with Gasteiger partial charge in [0.05, 0.1) is 0 Å². The van der Waals surface area contributed by atoms with Crippen LogP contribution in [0.5, 0.6) is 0 Å². The van der Waals surface area contributed by atoms with Crippen LogP contribution in [0.15, 0.2) is 60.8 Å². The molecule has 3 aromatic rings. The zero-order valence-electron chi connectivity index (χ0n) is 12.1. The zero-order valence-corrected chi connectivity index (χ0v) is 12.9. The fraction of sp³-hybridized carbons (Fsp3) is 0.0588. The maximum atomic E-state index is 12.9. The van der Waals surface area contributed by atoms with Crippen molar-refractivity contribution in [2.75, 3.05) is 0 Å². The van der Waals surface area contributed by atoms with Gasteiger partial charge in [0.1, 0.15) is 11.5 Å². The van der Waals surface area contributed by atoms with E-state index >= 15 is 0 Å². The summed E-state index contributed by atoms with van der Waals surface area (Å²) in [5.74, 6) is -0.561. The molecule has 0 fully saturated rings. The van der Waals surface area contributed by atoms with Gasteiger partial charge in [0.15, 0.2) is 4.77 Å². The van der Waals surface area contributed by atoms with Gasteiger partial charge in [-0.15, -0.1) is 0 Å². The molecule has 3 rings (SSSR count). The molecule has 23 heavy (non-hydrogen) atoms. The Labute approximate surface area is 137 Å². The molecule has 116 valence electrons. The Hall–Kier alpha value is -2.73. The van der Waals surface area contributed by atoms with Crippen molar-refractivity contribution in [3.63, 3.8) is 0 Å². The lowest BCUT2D eigenvalue weighted by Crippen LogP contribution is -2.25. The number of rotatable bonds is 4. The fourth-order valence-electron chi connectivity index (χ4n) is 2.24. The van der Waals surface area contributed by atoms with Crippen LogP contribution in [0.4, 0.5) is 4.39 Å². The predicted molar refractivity (Wildman–Crippen MR) is 88.5 cm³/mol. The minimum absolute atomic E-state index is 0.259. The molecule has 0 aliphatic rings. The second-order valence-electron chi connectivity index (χ2n) is 4.96. The lowest BCUT2D eigenvalue weighted by molar-refractivity contribution is 0.0944. The van der Waals surface area contributed by atoms with E-state index in [0.717, 1.165) is 11.3 Å². The van der Waals surface area contributed by atoms with Gasteiger partial charge in [-0.3, -0.25) is 9.36 Å². The number of imidazole rings is 1. The normalized spacial score (nSPS) is 10.5. The summed E-state index contributed by atoms with van der Waals surface area (Å²) in [7, 11) is 0. The molecule has 2 aromatic carbocycles. The molecule has 1 amide bonds. The Morgan fingerprint density at radius 1 is 1.13 bits per heavy atom. The number of nitrogens with zero attached hydrogens (tertiary/aromatic N) is 1. The Balaban J connectivity index is 1.81. The number of hydrogen-bond acceptors (Lipinski definition) is 2. The molecule has 1 aromatic heterocycles. The third-order valence-corrected chi connectivity index (χ3v) is 3.69. The number of para-hydroxylation sites is 1. The van der Waals surface area contributed by atoms with Gasteiger partial charge in [-0.05, 0) is 42.0 Å². The van der Waals surface area contributed by atoms with Crippen LogP contribution in [0.25, 0.3) is 5.69 Å². The number of halogens is 1. The first kappa shape index (κ1) is 15.2. The Morgan fingerprint density at radius 3 is 2.52 bits per heavy atom. The number of aromatic nitrogens is 2. The van der Waals surface area contributed by atoms with Crippen molar-refractivity contribution in [2.45, 2.75) is 6.54 Å². The van der Waals surface area contributed by atoms with Crippen molar-refractivity contribution in [1.82, 2.24) is 14.9 Å². The molecule has 0 radical (unpaired) electrons. The molecule has 0 unspecified atom stereocenters. The van der Waals surface area contributed by atoms with Gasteiger partial charge >= 0.3 is 0 Å². The average Bonchev–Trinajstić information content (AvgIpc) is 2.96. The molecule has 0 aliphatic heterocycles. The van der Waals surface area contributed by atoms with Crippen LogP contribution < -0.4 is 5.32 Å². The molecule has 0 saturated heterocycles. The first-order valence-corrected chi connectivity index (χ1v) is 7.44. The highest BCUT2D eigenvalue weighted by Crippen LogP contribution is 2.12. The highest BCUT2D eigenvalue weighted by atomic mass is 32.1. The summed E-state index contributed by atoms with van der Waals surface area (Å²) in [6.07, 6.45) is 1.58. The topological polar surface area (TPSA) is 49.8 Å². The van der Waals surface area contributed by atoms with Gasteiger partial charge in [0.25, 0.3) is 5.91 Å². The number of benzene rings is 2. The van der Waals surface area contributed by atoms with Crippen LogP contribution in [0.3, 0.4) is 0 Å². The molecule has 0 bridgehead atoms. The van der Waals surface area contributed by atoms with Crippen molar-refractivity contribution in [3.8, 4) is 5.69 Å². The van der Waals surface area contributed by atoms with Crippen LogP contribution >= 0.6 is 12.2 Å². The SMILES string of the molecule is O=C(NCc1ccc(F)cc1)c1c[nH]c(=S)n1-c1ccccc1. The van der Waals surface area contributed by atoms with E-state index in [1.807, 2.05) is 30.3 Å². The van der Waals surface area contributed by atoms with E-state index < -0.39 is 0 Å². The molecule has 1 heterocycles. The van der Waals surface area contributed by atoms with Crippen molar-refractivity contribution < 1.29 is 9.18 Å². The lowest BCUT2D eigenvalue weighted by atomic mass is 10.2. The van der Waals surface area contributed by atoms with Crippen molar-refractivity contribution in [2.24, 2.45) is 0 Å². The van der Waals surface area contributed by atoms with Crippen LogP contribution in [0.1, 0.15) is 16.1 Å². The molecule has 0 saturated carbocycles. The molecule has 2 N–H and O–H groups in total. The predicted octanol–water partition coefficient (Wildman–Crippen LogP) is 3.60. The summed E-state index contributed by atoms with van der Waals surface area (Å²) < 4.78 is 15.0. The number of amides is 1. The van der Waals surface area contributed by atoms with Crippen LogP contribution in [-0.2, 0) is 6.54 Å². The summed E-state index contributed by atoms with van der Waals surface area (Å²) >= 11 is 5.25. The molecule has 6 heteroatoms. The van der Waals surface area contributed by atoms with E-state index in [9.17, 15) is 9.18 Å². The number of aromatic amines is 1. The second kappa shape index (κ2) is 6.58. The summed E-state index contributed by atoms with van der Waals surface area (Å²) in [4.78, 5) is 15.3. The Kier molecular flexibility index (Phi) is 4.34. The van der Waals surface area contributed by atoms with Gasteiger partial charge in [-0.1, -0.05) is 30.3 Å². The third-order valence-electron chi connectivity index (χ3n) is 3.39. The van der Waals surface area contributed by atoms with Crippen molar-refractivity contribution >= 4 is 18.1 Å². The quantitative estimate of drug-likeness (QED) is 0.719. The van der Waals surface area contributed by atoms with Gasteiger partial charge in [-0.25, -0.2) is 4.39 Å². The number of carbonyl (C=O) groups is 1. The summed E-state index contributed by atoms with van der Waals surface area (Å²) in [6, 6.07) is 15.4. The fourth-order valence-corrected chi connectivity index (χ4v) is 2.51. The second-order valence-corrected chi connectivity index (χ2v) is 5.35. The molecule has 0 aliphatic carbocycles. The van der Waals surface area contributed by atoms with Crippen molar-refractivity contribution in [3.05, 3.63) is 82.6 Å². The summed E-state index contributed by atoms with van der Waals surface area (Å²) in [6.45, 7) is 0.311. The lowest BCUT2D eigenvalue weighted by Gasteiger charge is -2.09. The smallest absolute Gasteiger partial charge is 0.270 e. The highest BCUT2D eigenvalue weighted by Gasteiger charge is 2.13. The Bertz CT molecular complexity index is 869. The minimum atomic E-state index is -0.302. The first-order valence-electron chi connectivity index (χ1n) is 7.03. The van der Waals surface area contributed by atoms with Crippen LogP contribution in [0, 0.1) is 10.6 Å². The van der Waals surface area contributed by atoms with Crippen LogP contribution in [0.2, 0.25) is 0 Å². The summed E-state index contributed by atoms with van der Waals surface area (Å²) in [5.41, 5.74) is 2.05. The van der Waals surface area contributed by atoms with E-state index in [4.69, 9.17) is 12.2 Å². The highest BCUT2D eigenvalue weighted by molar-refractivity contribution is 7.71. The minimum Gasteiger partial charge on any atom is -0.347 e. The maximum Gasteiger partial charge on any atom is 0.270 e. The maximum absolute atomic E-state index is 12.9. The van der Waals surface area contributed by atoms with E-state index in [2.05, 4.69) is 10.3 Å². The number of nitrogens with one attached hydrogen (secondary N) is 2. The average molecular weight is 327 g/mol. The van der Waals surface area contributed by atoms with Gasteiger partial charge in [0, 0.05) is 18.4 Å². The molecule has 4 nitrogen and oxygen atoms in total. The Morgan fingerprint density at radius 2 is 1.83 bits per heavy atom. The number of H-pyrrole nitrogens is 1. The summed E-state index contributed by atoms with van der Waals surface area (Å²) in [5, 5.41) is 2.81. The first-order chi connectivity index (χ1) is 11.1. The molecular formula is C17H14FN3OS. The van der Waals surface area contributed by atoms with E-state index in [0.29, 0.717) is 17.0 Å². The zero-order chi connectivity index (χ0) is 16.2. The standard InChI is InChI=1S/C17H14FN3OS/c18-13-8-6-12(7-9-13)10-19-16(22)15-11-20-17(23)21(15)14-4-2-1-3-5-14/h1-9,11H,10H2,(H,19,22)(H,20,23).